The molecule has 0 bridgehead atoms. The molecule has 66 valence electrons. The molecule has 1 rings (SSSR count). The van der Waals surface area contributed by atoms with Gasteiger partial charge in [0.05, 0.1) is 0 Å². The van der Waals surface area contributed by atoms with Crippen LogP contribution in [0.5, 0.6) is 0 Å². The number of rotatable bonds is 1. The van der Waals surface area contributed by atoms with Gasteiger partial charge in [0.15, 0.2) is 0 Å². The Morgan fingerprint density at radius 2 is 2.25 bits per heavy atom. The maximum atomic E-state index is 11.0. The van der Waals surface area contributed by atoms with Crippen molar-refractivity contribution in [1.29, 1.82) is 0 Å². The minimum atomic E-state index is -0.581. The minimum absolute atomic E-state index is 0.127. The number of carbonyl (C=O) groups excluding carboxylic acids is 2. The molecule has 4 nitrogen and oxygen atoms in total. The van der Waals surface area contributed by atoms with Crippen LogP contribution in [0.15, 0.2) is 12.2 Å². The smallest absolute Gasteiger partial charge is 0.244 e. The highest BCUT2D eigenvalue weighted by Crippen LogP contribution is 2.21. The molecule has 1 saturated heterocycles. The molecule has 1 unspecified atom stereocenters. The van der Waals surface area contributed by atoms with E-state index in [-0.39, 0.29) is 5.91 Å². The van der Waals surface area contributed by atoms with Crippen molar-refractivity contribution in [1.82, 2.24) is 4.90 Å². The Kier molecular flexibility index (Phi) is 2.17. The lowest BCUT2D eigenvalue weighted by atomic mass is 10.1. The van der Waals surface area contributed by atoms with Gasteiger partial charge in [-0.1, -0.05) is 6.58 Å². The summed E-state index contributed by atoms with van der Waals surface area (Å²) in [5.41, 5.74) is 5.86. The highest BCUT2D eigenvalue weighted by Gasteiger charge is 2.33. The van der Waals surface area contributed by atoms with Crippen molar-refractivity contribution >= 4 is 11.8 Å². The molecular weight excluding hydrogens is 156 g/mol. The van der Waals surface area contributed by atoms with Gasteiger partial charge in [0, 0.05) is 13.5 Å². The number of hydrogen-bond donors (Lipinski definition) is 1. The monoisotopic (exact) mass is 168 g/mol. The van der Waals surface area contributed by atoms with Crippen molar-refractivity contribution in [2.45, 2.75) is 19.4 Å². The van der Waals surface area contributed by atoms with Crippen LogP contribution >= 0.6 is 0 Å². The normalized spacial score (nSPS) is 22.9. The second-order valence-corrected chi connectivity index (χ2v) is 2.93. The molecule has 1 heterocycles. The fourth-order valence-electron chi connectivity index (χ4n) is 1.44. The first kappa shape index (κ1) is 8.77. The lowest BCUT2D eigenvalue weighted by molar-refractivity contribution is -0.134. The summed E-state index contributed by atoms with van der Waals surface area (Å²) in [5, 5.41) is 0. The van der Waals surface area contributed by atoms with Crippen LogP contribution in [0.25, 0.3) is 0 Å². The predicted octanol–water partition coefficient (Wildman–Crippen LogP) is -0.351. The number of nitrogens with two attached hydrogens (primary N) is 1. The molecule has 0 aromatic rings. The SMILES string of the molecule is C=C1CCN(C(C)=O)C1C(N)=O. The summed E-state index contributed by atoms with van der Waals surface area (Å²) in [6, 6.07) is -0.581. The highest BCUT2D eigenvalue weighted by atomic mass is 16.2. The molecule has 1 fully saturated rings. The molecule has 0 radical (unpaired) electrons. The number of primary amides is 1. The van der Waals surface area contributed by atoms with Crippen molar-refractivity contribution in [3.63, 3.8) is 0 Å². The molecule has 0 aromatic heterocycles. The molecule has 0 spiro atoms. The molecule has 0 aromatic carbocycles. The van der Waals surface area contributed by atoms with E-state index in [9.17, 15) is 9.59 Å². The second-order valence-electron chi connectivity index (χ2n) is 2.93. The first-order chi connectivity index (χ1) is 5.54. The average Bonchev–Trinajstić information content (AvgIpc) is 2.30. The number of nitrogens with zero attached hydrogens (tertiary/aromatic N) is 1. The Labute approximate surface area is 71.0 Å². The summed E-state index contributed by atoms with van der Waals surface area (Å²) in [6.07, 6.45) is 0.674. The Hall–Kier alpha value is -1.32. The fraction of sp³-hybridized carbons (Fsp3) is 0.500. The highest BCUT2D eigenvalue weighted by molar-refractivity contribution is 5.89. The van der Waals surface area contributed by atoms with E-state index in [1.807, 2.05) is 0 Å². The van der Waals surface area contributed by atoms with E-state index in [1.54, 1.807) is 0 Å². The Morgan fingerprint density at radius 3 is 2.58 bits per heavy atom. The van der Waals surface area contributed by atoms with Crippen LogP contribution in [0, 0.1) is 0 Å². The van der Waals surface area contributed by atoms with Crippen molar-refractivity contribution in [3.05, 3.63) is 12.2 Å². The molecule has 2 amide bonds. The lowest BCUT2D eigenvalue weighted by Crippen LogP contribution is -2.43. The van der Waals surface area contributed by atoms with E-state index in [1.165, 1.54) is 11.8 Å². The van der Waals surface area contributed by atoms with Crippen LogP contribution < -0.4 is 5.73 Å². The van der Waals surface area contributed by atoms with E-state index < -0.39 is 11.9 Å². The van der Waals surface area contributed by atoms with Gasteiger partial charge in [-0.05, 0) is 12.0 Å². The predicted molar refractivity (Wildman–Crippen MR) is 44.1 cm³/mol. The van der Waals surface area contributed by atoms with Gasteiger partial charge in [-0.25, -0.2) is 0 Å². The summed E-state index contributed by atoms with van der Waals surface area (Å²) >= 11 is 0. The molecular formula is C8H12N2O2. The van der Waals surface area contributed by atoms with Gasteiger partial charge in [0.2, 0.25) is 11.8 Å². The summed E-state index contributed by atoms with van der Waals surface area (Å²) in [6.45, 7) is 5.68. The number of carbonyl (C=O) groups is 2. The third-order valence-electron chi connectivity index (χ3n) is 2.05. The second kappa shape index (κ2) is 2.97. The van der Waals surface area contributed by atoms with E-state index in [4.69, 9.17) is 5.73 Å². The first-order valence-corrected chi connectivity index (χ1v) is 3.78. The van der Waals surface area contributed by atoms with Gasteiger partial charge in [-0.2, -0.15) is 0 Å². The zero-order valence-corrected chi connectivity index (χ0v) is 7.04. The van der Waals surface area contributed by atoms with Gasteiger partial charge in [-0.3, -0.25) is 9.59 Å². The zero-order chi connectivity index (χ0) is 9.30. The van der Waals surface area contributed by atoms with Gasteiger partial charge in [-0.15, -0.1) is 0 Å². The van der Waals surface area contributed by atoms with Gasteiger partial charge in [0.25, 0.3) is 0 Å². The Bertz CT molecular complexity index is 247. The summed E-state index contributed by atoms with van der Waals surface area (Å²) < 4.78 is 0. The molecule has 2 N–H and O–H groups in total. The zero-order valence-electron chi connectivity index (χ0n) is 7.04. The maximum Gasteiger partial charge on any atom is 0.244 e. The molecule has 12 heavy (non-hydrogen) atoms. The third-order valence-corrected chi connectivity index (χ3v) is 2.05. The van der Waals surface area contributed by atoms with Crippen molar-refractivity contribution in [2.75, 3.05) is 6.54 Å². The van der Waals surface area contributed by atoms with E-state index in [0.29, 0.717) is 13.0 Å². The van der Waals surface area contributed by atoms with Crippen LogP contribution in [0.3, 0.4) is 0 Å². The van der Waals surface area contributed by atoms with Crippen LogP contribution in [-0.4, -0.2) is 29.3 Å². The standard InChI is InChI=1S/C8H12N2O2/c1-5-3-4-10(6(2)11)7(5)8(9)12/h7H,1,3-4H2,2H3,(H2,9,12). The largest absolute Gasteiger partial charge is 0.368 e. The number of amides is 2. The fourth-order valence-corrected chi connectivity index (χ4v) is 1.44. The van der Waals surface area contributed by atoms with Crippen LogP contribution in [0.2, 0.25) is 0 Å². The van der Waals surface area contributed by atoms with E-state index in [0.717, 1.165) is 5.57 Å². The molecule has 4 heteroatoms. The van der Waals surface area contributed by atoms with E-state index in [2.05, 4.69) is 6.58 Å². The molecule has 0 saturated carbocycles. The Morgan fingerprint density at radius 1 is 1.67 bits per heavy atom. The topological polar surface area (TPSA) is 63.4 Å². The van der Waals surface area contributed by atoms with Crippen molar-refractivity contribution < 1.29 is 9.59 Å². The minimum Gasteiger partial charge on any atom is -0.368 e. The Balaban J connectivity index is 2.84. The van der Waals surface area contributed by atoms with Gasteiger partial charge < -0.3 is 10.6 Å². The average molecular weight is 168 g/mol. The molecule has 1 aliphatic heterocycles. The molecule has 0 aliphatic carbocycles. The van der Waals surface area contributed by atoms with Crippen LogP contribution in [0.1, 0.15) is 13.3 Å². The van der Waals surface area contributed by atoms with Crippen molar-refractivity contribution in [2.24, 2.45) is 5.73 Å². The van der Waals surface area contributed by atoms with Gasteiger partial charge in [0.1, 0.15) is 6.04 Å². The summed E-state index contributed by atoms with van der Waals surface area (Å²) in [5.74, 6) is -0.620. The summed E-state index contributed by atoms with van der Waals surface area (Å²) in [4.78, 5) is 23.3. The third kappa shape index (κ3) is 1.32. The first-order valence-electron chi connectivity index (χ1n) is 3.78. The summed E-state index contributed by atoms with van der Waals surface area (Å²) in [7, 11) is 0. The quantitative estimate of drug-likeness (QED) is 0.544. The van der Waals surface area contributed by atoms with Gasteiger partial charge >= 0.3 is 0 Å². The lowest BCUT2D eigenvalue weighted by Gasteiger charge is -2.20. The maximum absolute atomic E-state index is 11.0. The van der Waals surface area contributed by atoms with Crippen LogP contribution in [0.4, 0.5) is 0 Å². The molecule has 1 atom stereocenters. The van der Waals surface area contributed by atoms with Crippen molar-refractivity contribution in [3.8, 4) is 0 Å². The van der Waals surface area contributed by atoms with Crippen LogP contribution in [-0.2, 0) is 9.59 Å². The molecule has 1 aliphatic rings. The number of hydrogen-bond acceptors (Lipinski definition) is 2. The number of likely N-dealkylation sites (tertiary alicyclic amines) is 1. The van der Waals surface area contributed by atoms with E-state index >= 15 is 0 Å².